The van der Waals surface area contributed by atoms with Crippen molar-refractivity contribution in [3.05, 3.63) is 28.5 Å². The number of hydrogen-bond donors (Lipinski definition) is 1. The lowest BCUT2D eigenvalue weighted by molar-refractivity contribution is -0.185. The lowest BCUT2D eigenvalue weighted by Crippen LogP contribution is -2.32. The quantitative estimate of drug-likeness (QED) is 0.759. The average Bonchev–Trinajstić information content (AvgIpc) is 2.48. The summed E-state index contributed by atoms with van der Waals surface area (Å²) in [4.78, 5) is 11.7. The van der Waals surface area contributed by atoms with Crippen molar-refractivity contribution < 1.29 is 35.5 Å². The van der Waals surface area contributed by atoms with Crippen LogP contribution in [-0.2, 0) is 10.0 Å². The average molecular weight is 418 g/mol. The van der Waals surface area contributed by atoms with E-state index in [9.17, 15) is 30.8 Å². The van der Waals surface area contributed by atoms with E-state index in [4.69, 9.17) is 16.3 Å². The largest absolute Gasteiger partial charge is 0.489 e. The summed E-state index contributed by atoms with van der Waals surface area (Å²) in [5, 5.41) is -0.150. The van der Waals surface area contributed by atoms with E-state index in [2.05, 4.69) is 0 Å². The smallest absolute Gasteiger partial charge is 0.391 e. The molecule has 0 radical (unpaired) electrons. The van der Waals surface area contributed by atoms with Crippen molar-refractivity contribution in [1.29, 1.82) is 0 Å². The van der Waals surface area contributed by atoms with Gasteiger partial charge in [-0.05, 0) is 31.7 Å². The van der Waals surface area contributed by atoms with Crippen molar-refractivity contribution in [1.82, 2.24) is 4.72 Å². The monoisotopic (exact) mass is 417 g/mol. The Labute approximate surface area is 152 Å². The van der Waals surface area contributed by atoms with E-state index in [1.165, 1.54) is 0 Å². The fraction of sp³-hybridized carbons (Fsp3) is 0.533. The number of nitrogens with one attached hydrogen (secondary N) is 1. The second-order valence-electron chi connectivity index (χ2n) is 6.10. The first-order valence-corrected chi connectivity index (χ1v) is 9.88. The fourth-order valence-corrected chi connectivity index (χ4v) is 3.36. The molecule has 1 amide bonds. The predicted molar refractivity (Wildman–Crippen MR) is 86.1 cm³/mol. The standard InChI is InChI=1S/C15H16ClF4NO4S/c1-26(23,24)21-14(22)10-6-11(16)13(7-12(10)17)25-9-4-2-8(3-5-9)15(18,19)20/h6-9H,2-5H2,1H3,(H,21,22). The second kappa shape index (κ2) is 7.59. The van der Waals surface area contributed by atoms with E-state index in [0.29, 0.717) is 0 Å². The van der Waals surface area contributed by atoms with Crippen LogP contribution in [0.3, 0.4) is 0 Å². The molecule has 26 heavy (non-hydrogen) atoms. The molecule has 1 fully saturated rings. The van der Waals surface area contributed by atoms with E-state index < -0.39 is 45.5 Å². The second-order valence-corrected chi connectivity index (χ2v) is 8.25. The first kappa shape index (κ1) is 20.8. The van der Waals surface area contributed by atoms with Gasteiger partial charge in [-0.15, -0.1) is 0 Å². The van der Waals surface area contributed by atoms with Crippen LogP contribution in [-0.4, -0.2) is 32.9 Å². The van der Waals surface area contributed by atoms with Gasteiger partial charge in [-0.3, -0.25) is 4.79 Å². The van der Waals surface area contributed by atoms with Crippen LogP contribution in [0.5, 0.6) is 5.75 Å². The minimum atomic E-state index is -4.25. The highest BCUT2D eigenvalue weighted by Gasteiger charge is 2.41. The molecule has 0 bridgehead atoms. The van der Waals surface area contributed by atoms with Crippen molar-refractivity contribution in [2.24, 2.45) is 5.92 Å². The maximum absolute atomic E-state index is 14.1. The summed E-state index contributed by atoms with van der Waals surface area (Å²) in [6.07, 6.45) is -3.98. The summed E-state index contributed by atoms with van der Waals surface area (Å²) in [6.45, 7) is 0. The Morgan fingerprint density at radius 3 is 2.31 bits per heavy atom. The maximum Gasteiger partial charge on any atom is 0.391 e. The number of alkyl halides is 3. The van der Waals surface area contributed by atoms with E-state index in [1.807, 2.05) is 0 Å². The zero-order chi connectivity index (χ0) is 19.7. The molecule has 0 unspecified atom stereocenters. The molecule has 2 rings (SSSR count). The third-order valence-electron chi connectivity index (χ3n) is 3.98. The van der Waals surface area contributed by atoms with Crippen LogP contribution in [0.2, 0.25) is 5.02 Å². The predicted octanol–water partition coefficient (Wildman–Crippen LogP) is 3.67. The number of carbonyl (C=O) groups excluding carboxylic acids is 1. The molecule has 1 saturated carbocycles. The summed E-state index contributed by atoms with van der Waals surface area (Å²) >= 11 is 5.94. The van der Waals surface area contributed by atoms with Crippen LogP contribution in [0.25, 0.3) is 0 Å². The summed E-state index contributed by atoms with van der Waals surface area (Å²) < 4.78 is 81.2. The number of hydrogen-bond acceptors (Lipinski definition) is 4. The molecule has 5 nitrogen and oxygen atoms in total. The first-order valence-electron chi connectivity index (χ1n) is 7.61. The van der Waals surface area contributed by atoms with E-state index >= 15 is 0 Å². The topological polar surface area (TPSA) is 72.5 Å². The Kier molecular flexibility index (Phi) is 6.06. The van der Waals surface area contributed by atoms with E-state index in [0.717, 1.165) is 18.4 Å². The molecule has 1 aliphatic rings. The lowest BCUT2D eigenvalue weighted by atomic mass is 9.87. The number of halogens is 5. The number of rotatable bonds is 4. The lowest BCUT2D eigenvalue weighted by Gasteiger charge is -2.30. The van der Waals surface area contributed by atoms with Gasteiger partial charge in [0.2, 0.25) is 10.0 Å². The molecular formula is C15H16ClF4NO4S. The molecule has 0 saturated heterocycles. The van der Waals surface area contributed by atoms with E-state index in [1.54, 1.807) is 4.72 Å². The first-order chi connectivity index (χ1) is 11.9. The minimum Gasteiger partial charge on any atom is -0.489 e. The third kappa shape index (κ3) is 5.47. The Morgan fingerprint density at radius 2 is 1.81 bits per heavy atom. The third-order valence-corrected chi connectivity index (χ3v) is 4.83. The number of amides is 1. The van der Waals surface area contributed by atoms with Gasteiger partial charge in [0.25, 0.3) is 5.91 Å². The Balaban J connectivity index is 2.08. The highest BCUT2D eigenvalue weighted by atomic mass is 35.5. The van der Waals surface area contributed by atoms with Gasteiger partial charge < -0.3 is 4.74 Å². The molecule has 1 N–H and O–H groups in total. The molecule has 0 aromatic heterocycles. The van der Waals surface area contributed by atoms with Crippen LogP contribution < -0.4 is 9.46 Å². The van der Waals surface area contributed by atoms with Crippen molar-refractivity contribution in [3.8, 4) is 5.75 Å². The number of sulfonamides is 1. The van der Waals surface area contributed by atoms with Gasteiger partial charge in [0.1, 0.15) is 11.6 Å². The van der Waals surface area contributed by atoms with Gasteiger partial charge in [0, 0.05) is 6.07 Å². The highest BCUT2D eigenvalue weighted by molar-refractivity contribution is 7.89. The molecule has 0 aliphatic heterocycles. The van der Waals surface area contributed by atoms with Gasteiger partial charge in [-0.25, -0.2) is 17.5 Å². The molecule has 1 aromatic carbocycles. The fourth-order valence-electron chi connectivity index (χ4n) is 2.70. The summed E-state index contributed by atoms with van der Waals surface area (Å²) in [6, 6.07) is 1.73. The van der Waals surface area contributed by atoms with Gasteiger partial charge in [-0.2, -0.15) is 13.2 Å². The molecule has 0 spiro atoms. The summed E-state index contributed by atoms with van der Waals surface area (Å²) in [5.41, 5.74) is -0.589. The molecule has 146 valence electrons. The van der Waals surface area contributed by atoms with Crippen LogP contribution >= 0.6 is 11.6 Å². The highest BCUT2D eigenvalue weighted by Crippen LogP contribution is 2.39. The minimum absolute atomic E-state index is 0.0941. The summed E-state index contributed by atoms with van der Waals surface area (Å²) in [7, 11) is -3.88. The molecule has 0 heterocycles. The van der Waals surface area contributed by atoms with Crippen LogP contribution in [0.4, 0.5) is 17.6 Å². The molecule has 1 aliphatic carbocycles. The van der Waals surface area contributed by atoms with Crippen molar-refractivity contribution >= 4 is 27.5 Å². The zero-order valence-electron chi connectivity index (χ0n) is 13.6. The molecule has 0 atom stereocenters. The van der Waals surface area contributed by atoms with Crippen LogP contribution in [0.1, 0.15) is 36.0 Å². The van der Waals surface area contributed by atoms with E-state index in [-0.39, 0.29) is 36.5 Å². The van der Waals surface area contributed by atoms with Crippen molar-refractivity contribution in [2.75, 3.05) is 6.26 Å². The van der Waals surface area contributed by atoms with Gasteiger partial charge in [0.05, 0.1) is 28.9 Å². The SMILES string of the molecule is CS(=O)(=O)NC(=O)c1cc(Cl)c(OC2CCC(C(F)(F)F)CC2)cc1F. The Morgan fingerprint density at radius 1 is 1.23 bits per heavy atom. The normalized spacial score (nSPS) is 21.3. The summed E-state index contributed by atoms with van der Waals surface area (Å²) in [5.74, 6) is -3.74. The maximum atomic E-state index is 14.1. The molecular weight excluding hydrogens is 402 g/mol. The number of ether oxygens (including phenoxy) is 1. The molecule has 1 aromatic rings. The van der Waals surface area contributed by atoms with Gasteiger partial charge in [-0.1, -0.05) is 11.6 Å². The van der Waals surface area contributed by atoms with Crippen LogP contribution in [0, 0.1) is 11.7 Å². The number of benzene rings is 1. The van der Waals surface area contributed by atoms with Crippen molar-refractivity contribution in [3.63, 3.8) is 0 Å². The van der Waals surface area contributed by atoms with Crippen LogP contribution in [0.15, 0.2) is 12.1 Å². The Bertz CT molecular complexity index is 790. The van der Waals surface area contributed by atoms with Gasteiger partial charge in [0.15, 0.2) is 0 Å². The van der Waals surface area contributed by atoms with Gasteiger partial charge >= 0.3 is 6.18 Å². The Hall–Kier alpha value is -1.55. The molecule has 11 heteroatoms. The number of carbonyl (C=O) groups is 1. The van der Waals surface area contributed by atoms with Crippen molar-refractivity contribution in [2.45, 2.75) is 38.0 Å². The zero-order valence-corrected chi connectivity index (χ0v) is 15.1.